The van der Waals surface area contributed by atoms with Gasteiger partial charge in [-0.2, -0.15) is 0 Å². The van der Waals surface area contributed by atoms with Gasteiger partial charge in [-0.25, -0.2) is 0 Å². The number of fused-ring (bicyclic) bond motifs is 1. The van der Waals surface area contributed by atoms with Crippen molar-refractivity contribution in [3.05, 3.63) is 29.8 Å². The van der Waals surface area contributed by atoms with Gasteiger partial charge in [0.2, 0.25) is 0 Å². The van der Waals surface area contributed by atoms with E-state index in [1.54, 1.807) is 0 Å². The minimum Gasteiger partial charge on any atom is -0.482 e. The predicted octanol–water partition coefficient (Wildman–Crippen LogP) is 2.37. The number of ether oxygens (including phenoxy) is 1. The molecule has 106 valence electrons. The molecule has 0 saturated carbocycles. The number of carbonyl (C=O) groups is 1. The number of benzene rings is 1. The number of nitrogens with one attached hydrogen (secondary N) is 1. The Labute approximate surface area is 119 Å². The second-order valence-electron chi connectivity index (χ2n) is 5.59. The molecule has 0 spiro atoms. The van der Waals surface area contributed by atoms with E-state index in [0.29, 0.717) is 5.92 Å². The second kappa shape index (κ2) is 5.67. The standard InChI is InChI=1S/C16H20N2O2/c1-18-8-6-12(7-9-18)2-3-13-4-5-15-14(10-13)17-16(19)11-20-15/h2-5,10,12H,6-9,11H2,1H3,(H,17,19). The Morgan fingerprint density at radius 2 is 2.15 bits per heavy atom. The Balaban J connectivity index is 1.68. The number of nitrogens with zero attached hydrogens (tertiary/aromatic N) is 1. The van der Waals surface area contributed by atoms with E-state index in [1.165, 1.54) is 25.9 Å². The number of likely N-dealkylation sites (tertiary alicyclic amines) is 1. The Bertz CT molecular complexity index is 531. The molecule has 0 aromatic heterocycles. The molecule has 4 nitrogen and oxygen atoms in total. The zero-order valence-corrected chi connectivity index (χ0v) is 11.8. The van der Waals surface area contributed by atoms with E-state index in [-0.39, 0.29) is 12.5 Å². The molecule has 1 amide bonds. The normalized spacial score (nSPS) is 20.6. The average Bonchev–Trinajstić information content (AvgIpc) is 2.46. The molecule has 1 aromatic rings. The van der Waals surface area contributed by atoms with Crippen molar-refractivity contribution in [2.75, 3.05) is 32.1 Å². The smallest absolute Gasteiger partial charge is 0.262 e. The van der Waals surface area contributed by atoms with Gasteiger partial charge in [-0.15, -0.1) is 0 Å². The fraction of sp³-hybridized carbons (Fsp3) is 0.438. The van der Waals surface area contributed by atoms with Gasteiger partial charge in [0.15, 0.2) is 6.61 Å². The highest BCUT2D eigenvalue weighted by Gasteiger charge is 2.16. The lowest BCUT2D eigenvalue weighted by Crippen LogP contribution is -2.29. The molecule has 3 rings (SSSR count). The fourth-order valence-electron chi connectivity index (χ4n) is 2.67. The van der Waals surface area contributed by atoms with E-state index in [2.05, 4.69) is 29.4 Å². The highest BCUT2D eigenvalue weighted by Crippen LogP contribution is 2.29. The van der Waals surface area contributed by atoms with E-state index in [1.807, 2.05) is 18.2 Å². The number of piperidine rings is 1. The van der Waals surface area contributed by atoms with Crippen LogP contribution >= 0.6 is 0 Å². The van der Waals surface area contributed by atoms with Crippen molar-refractivity contribution in [3.63, 3.8) is 0 Å². The van der Waals surface area contributed by atoms with Gasteiger partial charge in [0.1, 0.15) is 5.75 Å². The monoisotopic (exact) mass is 272 g/mol. The van der Waals surface area contributed by atoms with Gasteiger partial charge >= 0.3 is 0 Å². The van der Waals surface area contributed by atoms with Crippen LogP contribution in [0, 0.1) is 5.92 Å². The maximum atomic E-state index is 11.3. The summed E-state index contributed by atoms with van der Waals surface area (Å²) in [5.41, 5.74) is 1.88. The van der Waals surface area contributed by atoms with Crippen molar-refractivity contribution < 1.29 is 9.53 Å². The molecule has 1 saturated heterocycles. The largest absolute Gasteiger partial charge is 0.482 e. The molecule has 1 N–H and O–H groups in total. The summed E-state index contributed by atoms with van der Waals surface area (Å²) >= 11 is 0. The van der Waals surface area contributed by atoms with Gasteiger partial charge in [0.25, 0.3) is 5.91 Å². The number of amides is 1. The van der Waals surface area contributed by atoms with Crippen LogP contribution in [0.4, 0.5) is 5.69 Å². The third-order valence-electron chi connectivity index (χ3n) is 3.96. The summed E-state index contributed by atoms with van der Waals surface area (Å²) in [6, 6.07) is 5.92. The third kappa shape index (κ3) is 3.02. The van der Waals surface area contributed by atoms with E-state index in [4.69, 9.17) is 4.74 Å². The zero-order valence-electron chi connectivity index (χ0n) is 11.8. The summed E-state index contributed by atoms with van der Waals surface area (Å²) < 4.78 is 5.36. The highest BCUT2D eigenvalue weighted by atomic mass is 16.5. The average molecular weight is 272 g/mol. The minimum absolute atomic E-state index is 0.0889. The molecule has 0 radical (unpaired) electrons. The number of anilines is 1. The van der Waals surface area contributed by atoms with E-state index in [0.717, 1.165) is 17.0 Å². The molecular weight excluding hydrogens is 252 g/mol. The summed E-state index contributed by atoms with van der Waals surface area (Å²) in [6.07, 6.45) is 6.88. The zero-order chi connectivity index (χ0) is 13.9. The molecule has 2 heterocycles. The lowest BCUT2D eigenvalue weighted by molar-refractivity contribution is -0.118. The van der Waals surface area contributed by atoms with Crippen molar-refractivity contribution in [2.24, 2.45) is 5.92 Å². The van der Waals surface area contributed by atoms with Crippen LogP contribution in [0.2, 0.25) is 0 Å². The predicted molar refractivity (Wildman–Crippen MR) is 79.8 cm³/mol. The first-order valence-corrected chi connectivity index (χ1v) is 7.14. The molecule has 1 fully saturated rings. The molecule has 2 aliphatic rings. The summed E-state index contributed by atoms with van der Waals surface area (Å²) in [5.74, 6) is 1.32. The molecule has 0 aliphatic carbocycles. The number of hydrogen-bond acceptors (Lipinski definition) is 3. The van der Waals surface area contributed by atoms with Crippen molar-refractivity contribution in [2.45, 2.75) is 12.8 Å². The molecule has 20 heavy (non-hydrogen) atoms. The topological polar surface area (TPSA) is 41.6 Å². The number of allylic oxidation sites excluding steroid dienone is 1. The summed E-state index contributed by atoms with van der Waals surface area (Å²) in [5, 5.41) is 2.84. The van der Waals surface area contributed by atoms with E-state index in [9.17, 15) is 4.79 Å². The summed E-state index contributed by atoms with van der Waals surface area (Å²) in [4.78, 5) is 13.7. The maximum absolute atomic E-state index is 11.3. The highest BCUT2D eigenvalue weighted by molar-refractivity contribution is 5.95. The van der Waals surface area contributed by atoms with Crippen LogP contribution in [0.3, 0.4) is 0 Å². The third-order valence-corrected chi connectivity index (χ3v) is 3.96. The van der Waals surface area contributed by atoms with Crippen LogP contribution in [0.25, 0.3) is 6.08 Å². The van der Waals surface area contributed by atoms with Crippen molar-refractivity contribution >= 4 is 17.7 Å². The van der Waals surface area contributed by atoms with Crippen LogP contribution in [-0.2, 0) is 4.79 Å². The van der Waals surface area contributed by atoms with Crippen LogP contribution in [0.15, 0.2) is 24.3 Å². The van der Waals surface area contributed by atoms with Gasteiger partial charge in [-0.1, -0.05) is 18.2 Å². The maximum Gasteiger partial charge on any atom is 0.262 e. The SMILES string of the molecule is CN1CCC(C=Cc2ccc3c(c2)NC(=O)CO3)CC1. The Morgan fingerprint density at radius 3 is 2.95 bits per heavy atom. The van der Waals surface area contributed by atoms with Gasteiger partial charge in [0.05, 0.1) is 5.69 Å². The molecule has 0 atom stereocenters. The van der Waals surface area contributed by atoms with E-state index < -0.39 is 0 Å². The van der Waals surface area contributed by atoms with Gasteiger partial charge in [-0.3, -0.25) is 4.79 Å². The lowest BCUT2D eigenvalue weighted by atomic mass is 9.96. The van der Waals surface area contributed by atoms with Crippen LogP contribution in [0.1, 0.15) is 18.4 Å². The molecule has 0 unspecified atom stereocenters. The Kier molecular flexibility index (Phi) is 3.74. The van der Waals surface area contributed by atoms with Gasteiger partial charge < -0.3 is 15.0 Å². The first-order valence-electron chi connectivity index (χ1n) is 7.14. The molecule has 0 bridgehead atoms. The summed E-state index contributed by atoms with van der Waals surface area (Å²) in [7, 11) is 2.17. The van der Waals surface area contributed by atoms with Gasteiger partial charge in [-0.05, 0) is 56.6 Å². The number of carbonyl (C=O) groups excluding carboxylic acids is 1. The lowest BCUT2D eigenvalue weighted by Gasteiger charge is -2.27. The quantitative estimate of drug-likeness (QED) is 0.898. The van der Waals surface area contributed by atoms with Crippen molar-refractivity contribution in [1.29, 1.82) is 0 Å². The molecule has 1 aromatic carbocycles. The van der Waals surface area contributed by atoms with Crippen LogP contribution in [0.5, 0.6) is 5.75 Å². The van der Waals surface area contributed by atoms with Gasteiger partial charge in [0, 0.05) is 0 Å². The Morgan fingerprint density at radius 1 is 1.35 bits per heavy atom. The van der Waals surface area contributed by atoms with Crippen LogP contribution in [-0.4, -0.2) is 37.6 Å². The van der Waals surface area contributed by atoms with Crippen molar-refractivity contribution in [1.82, 2.24) is 4.90 Å². The molecule has 2 aliphatic heterocycles. The molecule has 4 heteroatoms. The number of hydrogen-bond donors (Lipinski definition) is 1. The Hall–Kier alpha value is -1.81. The number of rotatable bonds is 2. The second-order valence-corrected chi connectivity index (χ2v) is 5.59. The molecular formula is C16H20N2O2. The first kappa shape index (κ1) is 13.2. The fourth-order valence-corrected chi connectivity index (χ4v) is 2.67. The van der Waals surface area contributed by atoms with Crippen LogP contribution < -0.4 is 10.1 Å². The van der Waals surface area contributed by atoms with E-state index >= 15 is 0 Å². The van der Waals surface area contributed by atoms with Crippen molar-refractivity contribution in [3.8, 4) is 5.75 Å². The summed E-state index contributed by atoms with van der Waals surface area (Å²) in [6.45, 7) is 2.45. The first-order chi connectivity index (χ1) is 9.70. The minimum atomic E-state index is -0.0889.